The molecule has 2 nitrogen and oxygen atoms in total. The van der Waals surface area contributed by atoms with Gasteiger partial charge in [0.2, 0.25) is 0 Å². The molecule has 0 bridgehead atoms. The van der Waals surface area contributed by atoms with Crippen molar-refractivity contribution in [2.45, 2.75) is 23.6 Å². The first-order valence-electron chi connectivity index (χ1n) is 5.99. The van der Waals surface area contributed by atoms with Gasteiger partial charge in [0.1, 0.15) is 5.82 Å². The fraction of sp³-hybridized carbons (Fsp3) is 0.286. The minimum absolute atomic E-state index is 1.03. The second-order valence-corrected chi connectivity index (χ2v) is 4.95. The minimum atomic E-state index is 1.03. The normalized spacial score (nSPS) is 10.5. The SMILES string of the molecule is CCN(CC)c1cc(Sc2ccccc2)c[nH]1. The third-order valence-electron chi connectivity index (χ3n) is 2.72. The Labute approximate surface area is 107 Å². The van der Waals surface area contributed by atoms with Crippen LogP contribution in [0.4, 0.5) is 5.82 Å². The van der Waals surface area contributed by atoms with Crippen LogP contribution in [-0.4, -0.2) is 18.1 Å². The van der Waals surface area contributed by atoms with Crippen LogP contribution in [0.3, 0.4) is 0 Å². The van der Waals surface area contributed by atoms with Crippen LogP contribution in [0.5, 0.6) is 0 Å². The predicted octanol–water partition coefficient (Wildman–Crippen LogP) is 4.01. The van der Waals surface area contributed by atoms with Gasteiger partial charge in [-0.3, -0.25) is 0 Å². The van der Waals surface area contributed by atoms with Crippen molar-refractivity contribution in [3.63, 3.8) is 0 Å². The number of rotatable bonds is 5. The van der Waals surface area contributed by atoms with Gasteiger partial charge >= 0.3 is 0 Å². The maximum Gasteiger partial charge on any atom is 0.106 e. The molecular weight excluding hydrogens is 228 g/mol. The highest BCUT2D eigenvalue weighted by atomic mass is 32.2. The quantitative estimate of drug-likeness (QED) is 0.859. The zero-order valence-corrected chi connectivity index (χ0v) is 11.1. The van der Waals surface area contributed by atoms with Crippen molar-refractivity contribution in [1.82, 2.24) is 4.98 Å². The van der Waals surface area contributed by atoms with E-state index in [1.165, 1.54) is 15.6 Å². The molecule has 1 heterocycles. The van der Waals surface area contributed by atoms with Gasteiger partial charge in [-0.1, -0.05) is 30.0 Å². The van der Waals surface area contributed by atoms with Gasteiger partial charge in [-0.25, -0.2) is 0 Å². The summed E-state index contributed by atoms with van der Waals surface area (Å²) < 4.78 is 0. The lowest BCUT2D eigenvalue weighted by atomic mass is 10.4. The molecule has 2 aromatic rings. The van der Waals surface area contributed by atoms with Crippen LogP contribution in [0.25, 0.3) is 0 Å². The summed E-state index contributed by atoms with van der Waals surface area (Å²) in [7, 11) is 0. The highest BCUT2D eigenvalue weighted by Crippen LogP contribution is 2.29. The molecule has 0 amide bonds. The fourth-order valence-corrected chi connectivity index (χ4v) is 2.65. The molecule has 1 N–H and O–H groups in total. The van der Waals surface area contributed by atoms with Gasteiger partial charge in [0.05, 0.1) is 0 Å². The van der Waals surface area contributed by atoms with Crippen LogP contribution in [0.15, 0.2) is 52.4 Å². The van der Waals surface area contributed by atoms with E-state index in [0.717, 1.165) is 13.1 Å². The molecule has 1 aromatic carbocycles. The minimum Gasteiger partial charge on any atom is -0.359 e. The Balaban J connectivity index is 2.08. The maximum absolute atomic E-state index is 3.33. The van der Waals surface area contributed by atoms with Crippen molar-refractivity contribution in [1.29, 1.82) is 0 Å². The zero-order valence-electron chi connectivity index (χ0n) is 10.3. The molecule has 0 radical (unpaired) electrons. The van der Waals surface area contributed by atoms with Gasteiger partial charge in [-0.2, -0.15) is 0 Å². The molecule has 3 heteroatoms. The first-order valence-corrected chi connectivity index (χ1v) is 6.81. The highest BCUT2D eigenvalue weighted by Gasteiger charge is 2.05. The Kier molecular flexibility index (Phi) is 4.15. The zero-order chi connectivity index (χ0) is 12.1. The standard InChI is InChI=1S/C14H18N2S/c1-3-16(4-2)14-10-13(11-15-14)17-12-8-6-5-7-9-12/h5-11,15H,3-4H2,1-2H3. The summed E-state index contributed by atoms with van der Waals surface area (Å²) >= 11 is 1.79. The molecule has 1 aromatic heterocycles. The average molecular weight is 246 g/mol. The van der Waals surface area contributed by atoms with Crippen LogP contribution in [0, 0.1) is 0 Å². The third-order valence-corrected chi connectivity index (χ3v) is 3.70. The molecule has 0 atom stereocenters. The van der Waals surface area contributed by atoms with E-state index in [-0.39, 0.29) is 0 Å². The molecule has 0 saturated carbocycles. The van der Waals surface area contributed by atoms with Gasteiger partial charge in [-0.05, 0) is 32.0 Å². The van der Waals surface area contributed by atoms with Crippen LogP contribution in [-0.2, 0) is 0 Å². The number of benzene rings is 1. The number of aromatic nitrogens is 1. The number of aromatic amines is 1. The van der Waals surface area contributed by atoms with E-state index in [2.05, 4.69) is 60.3 Å². The van der Waals surface area contributed by atoms with Crippen LogP contribution < -0.4 is 4.90 Å². The van der Waals surface area contributed by atoms with Gasteiger partial charge in [0.25, 0.3) is 0 Å². The summed E-state index contributed by atoms with van der Waals surface area (Å²) in [6, 6.07) is 12.7. The van der Waals surface area contributed by atoms with Crippen molar-refractivity contribution in [2.24, 2.45) is 0 Å². The molecule has 0 aliphatic rings. The number of nitrogens with one attached hydrogen (secondary N) is 1. The Hall–Kier alpha value is -1.35. The molecule has 0 aliphatic heterocycles. The molecule has 0 unspecified atom stereocenters. The Morgan fingerprint density at radius 3 is 2.41 bits per heavy atom. The van der Waals surface area contributed by atoms with Crippen LogP contribution in [0.1, 0.15) is 13.8 Å². The number of nitrogens with zero attached hydrogens (tertiary/aromatic N) is 1. The number of H-pyrrole nitrogens is 1. The van der Waals surface area contributed by atoms with E-state index in [4.69, 9.17) is 0 Å². The summed E-state index contributed by atoms with van der Waals surface area (Å²) in [5, 5.41) is 0. The van der Waals surface area contributed by atoms with E-state index in [9.17, 15) is 0 Å². The van der Waals surface area contributed by atoms with E-state index in [0.29, 0.717) is 0 Å². The first-order chi connectivity index (χ1) is 8.33. The Morgan fingerprint density at radius 1 is 1.06 bits per heavy atom. The monoisotopic (exact) mass is 246 g/mol. The molecule has 2 rings (SSSR count). The maximum atomic E-state index is 3.33. The summed E-state index contributed by atoms with van der Waals surface area (Å²) in [6.07, 6.45) is 2.07. The molecule has 90 valence electrons. The van der Waals surface area contributed by atoms with E-state index in [1.807, 2.05) is 6.07 Å². The lowest BCUT2D eigenvalue weighted by Gasteiger charge is -2.18. The van der Waals surface area contributed by atoms with Crippen LogP contribution in [0.2, 0.25) is 0 Å². The average Bonchev–Trinajstić information content (AvgIpc) is 2.81. The van der Waals surface area contributed by atoms with E-state index in [1.54, 1.807) is 11.8 Å². The summed E-state index contributed by atoms with van der Waals surface area (Å²) in [5.41, 5.74) is 0. The Bertz CT molecular complexity index is 446. The lowest BCUT2D eigenvalue weighted by Crippen LogP contribution is -2.21. The molecule has 0 spiro atoms. The smallest absolute Gasteiger partial charge is 0.106 e. The van der Waals surface area contributed by atoms with Crippen molar-refractivity contribution in [3.8, 4) is 0 Å². The number of anilines is 1. The predicted molar refractivity (Wildman–Crippen MR) is 74.9 cm³/mol. The lowest BCUT2D eigenvalue weighted by molar-refractivity contribution is 0.851. The summed E-state index contributed by atoms with van der Waals surface area (Å²) in [6.45, 7) is 6.42. The van der Waals surface area contributed by atoms with E-state index >= 15 is 0 Å². The van der Waals surface area contributed by atoms with Gasteiger partial charge in [0, 0.05) is 29.1 Å². The molecular formula is C14H18N2S. The largest absolute Gasteiger partial charge is 0.359 e. The molecule has 0 fully saturated rings. The van der Waals surface area contributed by atoms with Gasteiger partial charge in [-0.15, -0.1) is 0 Å². The first kappa shape index (κ1) is 12.1. The second-order valence-electron chi connectivity index (χ2n) is 3.81. The summed E-state index contributed by atoms with van der Waals surface area (Å²) in [5.74, 6) is 1.20. The molecule has 0 saturated heterocycles. The van der Waals surface area contributed by atoms with Crippen molar-refractivity contribution >= 4 is 17.6 Å². The van der Waals surface area contributed by atoms with Gasteiger partial charge in [0.15, 0.2) is 0 Å². The van der Waals surface area contributed by atoms with Crippen molar-refractivity contribution in [3.05, 3.63) is 42.6 Å². The molecule has 0 aliphatic carbocycles. The molecule has 17 heavy (non-hydrogen) atoms. The van der Waals surface area contributed by atoms with E-state index < -0.39 is 0 Å². The van der Waals surface area contributed by atoms with Crippen molar-refractivity contribution < 1.29 is 0 Å². The number of hydrogen-bond donors (Lipinski definition) is 1. The number of hydrogen-bond acceptors (Lipinski definition) is 2. The van der Waals surface area contributed by atoms with Crippen molar-refractivity contribution in [2.75, 3.05) is 18.0 Å². The fourth-order valence-electron chi connectivity index (χ4n) is 1.79. The Morgan fingerprint density at radius 2 is 1.76 bits per heavy atom. The highest BCUT2D eigenvalue weighted by molar-refractivity contribution is 7.99. The van der Waals surface area contributed by atoms with Gasteiger partial charge < -0.3 is 9.88 Å². The summed E-state index contributed by atoms with van der Waals surface area (Å²) in [4.78, 5) is 8.19. The topological polar surface area (TPSA) is 19.0 Å². The third kappa shape index (κ3) is 3.07. The second kappa shape index (κ2) is 5.82. The van der Waals surface area contributed by atoms with Crippen LogP contribution >= 0.6 is 11.8 Å².